The van der Waals surface area contributed by atoms with Crippen molar-refractivity contribution < 1.29 is 0 Å². The maximum atomic E-state index is 5.36. The van der Waals surface area contributed by atoms with Crippen LogP contribution in [0.4, 0.5) is 0 Å². The average molecular weight is 156 g/mol. The highest BCUT2D eigenvalue weighted by Crippen LogP contribution is 2.00. The van der Waals surface area contributed by atoms with Crippen molar-refractivity contribution in [3.8, 4) is 0 Å². The number of unbranched alkanes of at least 4 members (excludes halogenated alkanes) is 4. The summed E-state index contributed by atoms with van der Waals surface area (Å²) in [5.41, 5.74) is 5.36. The second-order valence-corrected chi connectivity index (χ2v) is 2.67. The lowest BCUT2D eigenvalue weighted by atomic mass is 10.1. The molecule has 0 rings (SSSR count). The first-order valence-corrected chi connectivity index (χ1v) is 4.60. The second kappa shape index (κ2) is 9.63. The Balaban J connectivity index is 2.85. The average Bonchev–Trinajstić information content (AvgIpc) is 2.03. The molecular weight excluding hydrogens is 136 g/mol. The summed E-state index contributed by atoms with van der Waals surface area (Å²) in [7, 11) is 0. The highest BCUT2D eigenvalue weighted by Gasteiger charge is 1.85. The molecule has 0 unspecified atom stereocenters. The predicted molar refractivity (Wildman–Crippen MR) is 51.2 cm³/mol. The van der Waals surface area contributed by atoms with Gasteiger partial charge in [0.1, 0.15) is 0 Å². The third kappa shape index (κ3) is 9.63. The molecular formula is C9H20N2. The molecule has 0 aromatic carbocycles. The third-order valence-electron chi connectivity index (χ3n) is 1.60. The smallest absolute Gasteiger partial charge is 0.0357 e. The van der Waals surface area contributed by atoms with Gasteiger partial charge >= 0.3 is 0 Å². The summed E-state index contributed by atoms with van der Waals surface area (Å²) in [6, 6.07) is 0. The Morgan fingerprint density at radius 2 is 1.91 bits per heavy atom. The van der Waals surface area contributed by atoms with Gasteiger partial charge in [-0.1, -0.05) is 12.8 Å². The van der Waals surface area contributed by atoms with Crippen LogP contribution in [0.2, 0.25) is 0 Å². The molecule has 0 radical (unpaired) electrons. The molecule has 0 aromatic rings. The fraction of sp³-hybridized carbons (Fsp3) is 0.889. The van der Waals surface area contributed by atoms with Crippen LogP contribution >= 0.6 is 0 Å². The number of rotatable bonds is 7. The van der Waals surface area contributed by atoms with Crippen molar-refractivity contribution in [3.63, 3.8) is 0 Å². The lowest BCUT2D eigenvalue weighted by Crippen LogP contribution is -1.97. The van der Waals surface area contributed by atoms with Crippen LogP contribution in [0.3, 0.4) is 0 Å². The Morgan fingerprint density at radius 1 is 1.18 bits per heavy atom. The van der Waals surface area contributed by atoms with Crippen LogP contribution < -0.4 is 5.73 Å². The van der Waals surface area contributed by atoms with E-state index in [1.807, 2.05) is 6.21 Å². The molecule has 0 aromatic heterocycles. The van der Waals surface area contributed by atoms with Gasteiger partial charge in [-0.2, -0.15) is 0 Å². The molecule has 0 bridgehead atoms. The number of hydrogen-bond donors (Lipinski definition) is 1. The predicted octanol–water partition coefficient (Wildman–Crippen LogP) is 1.99. The molecule has 0 fully saturated rings. The molecule has 0 aliphatic heterocycles. The van der Waals surface area contributed by atoms with E-state index in [1.165, 1.54) is 25.7 Å². The molecule has 2 nitrogen and oxygen atoms in total. The SMILES string of the molecule is CC/N=C/CCCCCCN. The Kier molecular flexibility index (Phi) is 9.31. The van der Waals surface area contributed by atoms with E-state index in [9.17, 15) is 0 Å². The maximum Gasteiger partial charge on any atom is 0.0357 e. The molecule has 0 spiro atoms. The summed E-state index contributed by atoms with van der Waals surface area (Å²) < 4.78 is 0. The highest BCUT2D eigenvalue weighted by molar-refractivity contribution is 5.56. The Hall–Kier alpha value is -0.370. The molecule has 2 heteroatoms. The van der Waals surface area contributed by atoms with Gasteiger partial charge in [0.05, 0.1) is 0 Å². The molecule has 0 amide bonds. The number of hydrogen-bond acceptors (Lipinski definition) is 2. The summed E-state index contributed by atoms with van der Waals surface area (Å²) in [4.78, 5) is 4.14. The minimum absolute atomic E-state index is 0.836. The van der Waals surface area contributed by atoms with Crippen LogP contribution in [0.15, 0.2) is 4.99 Å². The van der Waals surface area contributed by atoms with Crippen LogP contribution in [0.5, 0.6) is 0 Å². The quantitative estimate of drug-likeness (QED) is 0.444. The van der Waals surface area contributed by atoms with Crippen molar-refractivity contribution in [2.24, 2.45) is 10.7 Å². The lowest BCUT2D eigenvalue weighted by molar-refractivity contribution is 0.661. The van der Waals surface area contributed by atoms with Crippen molar-refractivity contribution >= 4 is 6.21 Å². The maximum absolute atomic E-state index is 5.36. The molecule has 0 heterocycles. The van der Waals surface area contributed by atoms with Crippen molar-refractivity contribution in [2.45, 2.75) is 39.0 Å². The van der Waals surface area contributed by atoms with E-state index in [1.54, 1.807) is 0 Å². The van der Waals surface area contributed by atoms with Crippen molar-refractivity contribution in [3.05, 3.63) is 0 Å². The van der Waals surface area contributed by atoms with Crippen molar-refractivity contribution in [2.75, 3.05) is 13.1 Å². The van der Waals surface area contributed by atoms with Gasteiger partial charge in [0.2, 0.25) is 0 Å². The first-order valence-electron chi connectivity index (χ1n) is 4.60. The number of aliphatic imine (C=N–C) groups is 1. The van der Waals surface area contributed by atoms with Gasteiger partial charge in [-0.25, -0.2) is 0 Å². The van der Waals surface area contributed by atoms with Gasteiger partial charge in [0, 0.05) is 6.54 Å². The summed E-state index contributed by atoms with van der Waals surface area (Å²) in [5.74, 6) is 0. The number of nitrogens with zero attached hydrogens (tertiary/aromatic N) is 1. The van der Waals surface area contributed by atoms with Gasteiger partial charge < -0.3 is 5.73 Å². The zero-order chi connectivity index (χ0) is 8.36. The standard InChI is InChI=1S/C9H20N2/c1-2-11-9-7-5-3-4-6-8-10/h9H,2-8,10H2,1H3/b11-9+. The topological polar surface area (TPSA) is 38.4 Å². The highest BCUT2D eigenvalue weighted by atomic mass is 14.7. The van der Waals surface area contributed by atoms with E-state index in [2.05, 4.69) is 11.9 Å². The summed E-state index contributed by atoms with van der Waals surface area (Å²) in [6.45, 7) is 3.82. The van der Waals surface area contributed by atoms with Crippen LogP contribution in [-0.2, 0) is 0 Å². The van der Waals surface area contributed by atoms with Crippen LogP contribution in [0.1, 0.15) is 39.0 Å². The molecule has 0 aliphatic carbocycles. The zero-order valence-corrected chi connectivity index (χ0v) is 7.55. The van der Waals surface area contributed by atoms with Crippen molar-refractivity contribution in [1.82, 2.24) is 0 Å². The van der Waals surface area contributed by atoms with Gasteiger partial charge in [-0.3, -0.25) is 4.99 Å². The van der Waals surface area contributed by atoms with Crippen LogP contribution in [0, 0.1) is 0 Å². The molecule has 2 N–H and O–H groups in total. The summed E-state index contributed by atoms with van der Waals surface area (Å²) >= 11 is 0. The van der Waals surface area contributed by atoms with Gasteiger partial charge in [-0.15, -0.1) is 0 Å². The molecule has 0 atom stereocenters. The van der Waals surface area contributed by atoms with Crippen molar-refractivity contribution in [1.29, 1.82) is 0 Å². The van der Waals surface area contributed by atoms with Crippen LogP contribution in [-0.4, -0.2) is 19.3 Å². The third-order valence-corrected chi connectivity index (χ3v) is 1.60. The second-order valence-electron chi connectivity index (χ2n) is 2.67. The normalized spacial score (nSPS) is 11.1. The zero-order valence-electron chi connectivity index (χ0n) is 7.55. The number of nitrogens with two attached hydrogens (primary N) is 1. The molecule has 66 valence electrons. The minimum atomic E-state index is 0.836. The molecule has 0 aliphatic rings. The molecule has 0 saturated heterocycles. The fourth-order valence-electron chi connectivity index (χ4n) is 0.954. The Bertz CT molecular complexity index is 89.6. The summed E-state index contributed by atoms with van der Waals surface area (Å²) in [5, 5.41) is 0. The Labute approximate surface area is 69.9 Å². The lowest BCUT2D eigenvalue weighted by Gasteiger charge is -1.95. The largest absolute Gasteiger partial charge is 0.330 e. The van der Waals surface area contributed by atoms with E-state index in [-0.39, 0.29) is 0 Å². The van der Waals surface area contributed by atoms with E-state index in [0.29, 0.717) is 0 Å². The van der Waals surface area contributed by atoms with Gasteiger partial charge in [-0.05, 0) is 38.9 Å². The van der Waals surface area contributed by atoms with E-state index >= 15 is 0 Å². The van der Waals surface area contributed by atoms with Crippen LogP contribution in [0.25, 0.3) is 0 Å². The van der Waals surface area contributed by atoms with E-state index < -0.39 is 0 Å². The van der Waals surface area contributed by atoms with Gasteiger partial charge in [0.15, 0.2) is 0 Å². The molecule has 0 saturated carbocycles. The Morgan fingerprint density at radius 3 is 2.55 bits per heavy atom. The van der Waals surface area contributed by atoms with Gasteiger partial charge in [0.25, 0.3) is 0 Å². The molecule has 11 heavy (non-hydrogen) atoms. The van der Waals surface area contributed by atoms with E-state index in [4.69, 9.17) is 5.73 Å². The summed E-state index contributed by atoms with van der Waals surface area (Å²) in [6.07, 6.45) is 8.18. The first-order chi connectivity index (χ1) is 5.41. The van der Waals surface area contributed by atoms with E-state index in [0.717, 1.165) is 19.5 Å². The minimum Gasteiger partial charge on any atom is -0.330 e. The fourth-order valence-corrected chi connectivity index (χ4v) is 0.954. The first kappa shape index (κ1) is 10.6. The monoisotopic (exact) mass is 156 g/mol.